The van der Waals surface area contributed by atoms with Crippen LogP contribution >= 0.6 is 11.3 Å². The Morgan fingerprint density at radius 1 is 1.16 bits per heavy atom. The van der Waals surface area contributed by atoms with E-state index in [1.165, 1.54) is 6.07 Å². The molecule has 0 saturated heterocycles. The second-order valence-corrected chi connectivity index (χ2v) is 6.42. The largest absolute Gasteiger partial charge is 0.492 e. The molecule has 25 heavy (non-hydrogen) atoms. The third-order valence-electron chi connectivity index (χ3n) is 3.58. The van der Waals surface area contributed by atoms with Crippen molar-refractivity contribution >= 4 is 33.8 Å². The number of thiazole rings is 1. The molecule has 0 bridgehead atoms. The van der Waals surface area contributed by atoms with Crippen LogP contribution in [-0.2, 0) is 4.79 Å². The molecule has 1 atom stereocenters. The highest BCUT2D eigenvalue weighted by molar-refractivity contribution is 7.16. The highest BCUT2D eigenvalue weighted by Gasteiger charge is 2.23. The monoisotopic (exact) mass is 357 g/mol. The molecule has 3 rings (SSSR count). The molecule has 1 heterocycles. The third-order valence-corrected chi connectivity index (χ3v) is 4.72. The number of hydrogen-bond donors (Lipinski definition) is 3. The van der Waals surface area contributed by atoms with Gasteiger partial charge in [-0.25, -0.2) is 4.39 Å². The predicted octanol–water partition coefficient (Wildman–Crippen LogP) is 4.47. The molecule has 128 valence electrons. The summed E-state index contributed by atoms with van der Waals surface area (Å²) in [6.45, 7) is 1.68. The van der Waals surface area contributed by atoms with Crippen LogP contribution in [0.5, 0.6) is 5.88 Å². The lowest BCUT2D eigenvalue weighted by atomic mass is 10.1. The van der Waals surface area contributed by atoms with E-state index in [4.69, 9.17) is 0 Å². The van der Waals surface area contributed by atoms with Crippen LogP contribution in [0.15, 0.2) is 54.6 Å². The van der Waals surface area contributed by atoms with Crippen molar-refractivity contribution in [1.82, 2.24) is 4.98 Å². The van der Waals surface area contributed by atoms with E-state index >= 15 is 0 Å². The maximum absolute atomic E-state index is 13.7. The third kappa shape index (κ3) is 3.95. The first-order valence-corrected chi connectivity index (χ1v) is 8.43. The molecule has 5 nitrogen and oxygen atoms in total. The fraction of sp³-hybridized carbons (Fsp3) is 0.111. The molecule has 3 N–H and O–H groups in total. The van der Waals surface area contributed by atoms with Gasteiger partial charge < -0.3 is 15.7 Å². The van der Waals surface area contributed by atoms with Gasteiger partial charge in [-0.05, 0) is 31.2 Å². The van der Waals surface area contributed by atoms with Crippen LogP contribution in [0.2, 0.25) is 0 Å². The molecule has 1 aromatic heterocycles. The first-order valence-electron chi connectivity index (χ1n) is 7.61. The maximum Gasteiger partial charge on any atom is 0.232 e. The first-order chi connectivity index (χ1) is 12.0. The van der Waals surface area contributed by atoms with Crippen molar-refractivity contribution in [2.24, 2.45) is 0 Å². The van der Waals surface area contributed by atoms with Gasteiger partial charge in [-0.1, -0.05) is 41.7 Å². The van der Waals surface area contributed by atoms with E-state index in [1.807, 2.05) is 18.2 Å². The van der Waals surface area contributed by atoms with Crippen LogP contribution in [0.3, 0.4) is 0 Å². The highest BCUT2D eigenvalue weighted by atomic mass is 32.1. The number of para-hydroxylation sites is 2. The number of benzene rings is 2. The summed E-state index contributed by atoms with van der Waals surface area (Å²) in [4.78, 5) is 16.7. The fourth-order valence-corrected chi connectivity index (χ4v) is 3.15. The number of hydrogen-bond acceptors (Lipinski definition) is 5. The fourth-order valence-electron chi connectivity index (χ4n) is 2.23. The highest BCUT2D eigenvalue weighted by Crippen LogP contribution is 2.36. The second kappa shape index (κ2) is 7.31. The van der Waals surface area contributed by atoms with Crippen LogP contribution in [0, 0.1) is 5.82 Å². The zero-order chi connectivity index (χ0) is 17.8. The predicted molar refractivity (Wildman–Crippen MR) is 96.9 cm³/mol. The smallest absolute Gasteiger partial charge is 0.232 e. The van der Waals surface area contributed by atoms with Gasteiger partial charge in [-0.3, -0.25) is 4.79 Å². The lowest BCUT2D eigenvalue weighted by Gasteiger charge is -2.10. The van der Waals surface area contributed by atoms with Gasteiger partial charge in [0.25, 0.3) is 0 Å². The van der Waals surface area contributed by atoms with Gasteiger partial charge in [0.1, 0.15) is 5.82 Å². The Morgan fingerprint density at radius 3 is 2.56 bits per heavy atom. The first kappa shape index (κ1) is 16.9. The number of halogens is 1. The zero-order valence-electron chi connectivity index (χ0n) is 13.4. The standard InChI is InChI=1S/C18H16FN3O2S/c1-11(16(23)20-12-7-3-2-4-8-12)15-17(24)22-18(25-15)21-14-10-6-5-9-13(14)19/h2-11,24H,1H3,(H,20,23)(H,21,22). The van der Waals surface area contributed by atoms with E-state index < -0.39 is 11.7 Å². The average molecular weight is 357 g/mol. The van der Waals surface area contributed by atoms with E-state index in [1.54, 1.807) is 37.3 Å². The number of anilines is 3. The van der Waals surface area contributed by atoms with Gasteiger partial charge in [0.2, 0.25) is 11.8 Å². The van der Waals surface area contributed by atoms with Crippen LogP contribution < -0.4 is 10.6 Å². The molecule has 1 unspecified atom stereocenters. The maximum atomic E-state index is 13.7. The lowest BCUT2D eigenvalue weighted by Crippen LogP contribution is -2.18. The summed E-state index contributed by atoms with van der Waals surface area (Å²) < 4.78 is 13.7. The number of carbonyl (C=O) groups is 1. The Balaban J connectivity index is 1.75. The molecule has 0 spiro atoms. The van der Waals surface area contributed by atoms with Crippen LogP contribution in [0.1, 0.15) is 17.7 Å². The molecule has 0 saturated carbocycles. The van der Waals surface area contributed by atoms with E-state index in [9.17, 15) is 14.3 Å². The van der Waals surface area contributed by atoms with E-state index in [-0.39, 0.29) is 17.5 Å². The Hall–Kier alpha value is -2.93. The number of aromatic hydroxyl groups is 1. The molecular weight excluding hydrogens is 341 g/mol. The SMILES string of the molecule is CC(C(=O)Nc1ccccc1)c1sc(Nc2ccccc2F)nc1O. The number of rotatable bonds is 5. The van der Waals surface area contributed by atoms with E-state index in [0.29, 0.717) is 15.7 Å². The summed E-state index contributed by atoms with van der Waals surface area (Å²) >= 11 is 1.11. The molecule has 2 aromatic carbocycles. The quantitative estimate of drug-likeness (QED) is 0.630. The topological polar surface area (TPSA) is 74.2 Å². The van der Waals surface area contributed by atoms with E-state index in [0.717, 1.165) is 11.3 Å². The summed E-state index contributed by atoms with van der Waals surface area (Å²) in [5.74, 6) is -1.52. The van der Waals surface area contributed by atoms with Crippen molar-refractivity contribution in [1.29, 1.82) is 0 Å². The van der Waals surface area contributed by atoms with Crippen molar-refractivity contribution < 1.29 is 14.3 Å². The van der Waals surface area contributed by atoms with Gasteiger partial charge in [0.15, 0.2) is 5.13 Å². The van der Waals surface area contributed by atoms with Crippen LogP contribution in [-0.4, -0.2) is 16.0 Å². The minimum absolute atomic E-state index is 0.237. The Labute approximate surface area is 148 Å². The number of nitrogens with one attached hydrogen (secondary N) is 2. The van der Waals surface area contributed by atoms with Crippen molar-refractivity contribution in [3.8, 4) is 5.88 Å². The normalized spacial score (nSPS) is 11.8. The molecule has 0 aliphatic carbocycles. The zero-order valence-corrected chi connectivity index (χ0v) is 14.2. The van der Waals surface area contributed by atoms with Crippen molar-refractivity contribution in [2.75, 3.05) is 10.6 Å². The Kier molecular flexibility index (Phi) is 4.95. The Morgan fingerprint density at radius 2 is 1.84 bits per heavy atom. The van der Waals surface area contributed by atoms with Gasteiger partial charge in [-0.15, -0.1) is 0 Å². The summed E-state index contributed by atoms with van der Waals surface area (Å²) in [6.07, 6.45) is 0. The molecule has 3 aromatic rings. The van der Waals surface area contributed by atoms with E-state index in [2.05, 4.69) is 15.6 Å². The molecule has 0 aliphatic heterocycles. The van der Waals surface area contributed by atoms with Crippen LogP contribution in [0.25, 0.3) is 0 Å². The minimum atomic E-state index is -0.603. The van der Waals surface area contributed by atoms with Gasteiger partial charge in [0, 0.05) is 5.69 Å². The lowest BCUT2D eigenvalue weighted by molar-refractivity contribution is -0.117. The van der Waals surface area contributed by atoms with Crippen molar-refractivity contribution in [3.05, 3.63) is 65.3 Å². The summed E-state index contributed by atoms with van der Waals surface area (Å²) in [7, 11) is 0. The number of amides is 1. The van der Waals surface area contributed by atoms with Gasteiger partial charge >= 0.3 is 0 Å². The number of aromatic nitrogens is 1. The van der Waals surface area contributed by atoms with Gasteiger partial charge in [-0.2, -0.15) is 4.98 Å². The second-order valence-electron chi connectivity index (χ2n) is 5.39. The number of nitrogens with zero attached hydrogens (tertiary/aromatic N) is 1. The van der Waals surface area contributed by atoms with Crippen LogP contribution in [0.4, 0.5) is 20.9 Å². The minimum Gasteiger partial charge on any atom is -0.492 e. The van der Waals surface area contributed by atoms with Crippen molar-refractivity contribution in [3.63, 3.8) is 0 Å². The molecule has 0 radical (unpaired) electrons. The molecule has 0 aliphatic rings. The summed E-state index contributed by atoms with van der Waals surface area (Å²) in [5.41, 5.74) is 0.928. The average Bonchev–Trinajstić information content (AvgIpc) is 2.97. The van der Waals surface area contributed by atoms with Crippen molar-refractivity contribution in [2.45, 2.75) is 12.8 Å². The number of carbonyl (C=O) groups excluding carboxylic acids is 1. The Bertz CT molecular complexity index is 883. The molecule has 7 heteroatoms. The van der Waals surface area contributed by atoms with Gasteiger partial charge in [0.05, 0.1) is 16.5 Å². The molecule has 1 amide bonds. The summed E-state index contributed by atoms with van der Waals surface area (Å²) in [5, 5.41) is 16.0. The summed E-state index contributed by atoms with van der Waals surface area (Å²) in [6, 6.07) is 15.2. The molecule has 0 fully saturated rings. The molecular formula is C18H16FN3O2S.